The Bertz CT molecular complexity index is 538. The van der Waals surface area contributed by atoms with Gasteiger partial charge in [-0.2, -0.15) is 0 Å². The van der Waals surface area contributed by atoms with E-state index in [1.165, 1.54) is 0 Å². The number of Topliss-reactive ketones (excluding diaryl/α,β-unsaturated/α-hetero) is 1. The van der Waals surface area contributed by atoms with E-state index in [0.717, 1.165) is 6.08 Å². The molecular formula is C12H8F4O3. The van der Waals surface area contributed by atoms with Gasteiger partial charge in [-0.3, -0.25) is 9.59 Å². The van der Waals surface area contributed by atoms with Gasteiger partial charge in [-0.25, -0.2) is 17.6 Å². The molecule has 0 aliphatic heterocycles. The van der Waals surface area contributed by atoms with E-state index in [-0.39, 0.29) is 0 Å². The van der Waals surface area contributed by atoms with Crippen LogP contribution in [0.3, 0.4) is 0 Å². The fourth-order valence-electron chi connectivity index (χ4n) is 1.47. The number of carboxylic acids is 1. The van der Waals surface area contributed by atoms with E-state index in [0.29, 0.717) is 0 Å². The summed E-state index contributed by atoms with van der Waals surface area (Å²) in [6.45, 7) is 3.17. The molecule has 0 fully saturated rings. The standard InChI is InChI=1S/C12H8F4O3/c1-2-3-5-9(13)11(15)8(12(16)10(5)14)6(17)4-7(18)19/h2H,1,3-4H2,(H,18,19). The van der Waals surface area contributed by atoms with Crippen LogP contribution in [0.4, 0.5) is 17.6 Å². The van der Waals surface area contributed by atoms with Crippen molar-refractivity contribution in [2.24, 2.45) is 0 Å². The summed E-state index contributed by atoms with van der Waals surface area (Å²) in [5.41, 5.74) is -2.43. The molecule has 0 aliphatic rings. The molecule has 1 aromatic rings. The quantitative estimate of drug-likeness (QED) is 0.296. The Balaban J connectivity index is 3.47. The van der Waals surface area contributed by atoms with Gasteiger partial charge in [0, 0.05) is 5.56 Å². The predicted molar refractivity (Wildman–Crippen MR) is 56.8 cm³/mol. The van der Waals surface area contributed by atoms with Crippen LogP contribution in [-0.2, 0) is 11.2 Å². The van der Waals surface area contributed by atoms with E-state index < -0.39 is 59.0 Å². The molecule has 0 spiro atoms. The average Bonchev–Trinajstić information content (AvgIpc) is 2.31. The summed E-state index contributed by atoms with van der Waals surface area (Å²) >= 11 is 0. The third-order valence-corrected chi connectivity index (χ3v) is 2.29. The molecule has 3 nitrogen and oxygen atoms in total. The van der Waals surface area contributed by atoms with E-state index in [1.54, 1.807) is 0 Å². The van der Waals surface area contributed by atoms with Gasteiger partial charge >= 0.3 is 5.97 Å². The van der Waals surface area contributed by atoms with Gasteiger partial charge in [-0.05, 0) is 6.42 Å². The molecule has 0 aromatic heterocycles. The van der Waals surface area contributed by atoms with Gasteiger partial charge < -0.3 is 5.11 Å². The van der Waals surface area contributed by atoms with Crippen molar-refractivity contribution < 1.29 is 32.3 Å². The number of ketones is 1. The lowest BCUT2D eigenvalue weighted by molar-refractivity contribution is -0.135. The van der Waals surface area contributed by atoms with Gasteiger partial charge in [0.15, 0.2) is 29.1 Å². The van der Waals surface area contributed by atoms with Gasteiger partial charge in [0.1, 0.15) is 6.42 Å². The number of hydrogen-bond donors (Lipinski definition) is 1. The fraction of sp³-hybridized carbons (Fsp3) is 0.167. The number of allylic oxidation sites excluding steroid dienone is 1. The number of carbonyl (C=O) groups excluding carboxylic acids is 1. The highest BCUT2D eigenvalue weighted by Crippen LogP contribution is 2.25. The minimum Gasteiger partial charge on any atom is -0.481 e. The summed E-state index contributed by atoms with van der Waals surface area (Å²) in [4.78, 5) is 21.5. The number of aliphatic carboxylic acids is 1. The maximum absolute atomic E-state index is 13.5. The molecule has 0 aliphatic carbocycles. The molecule has 0 saturated heterocycles. The van der Waals surface area contributed by atoms with Crippen molar-refractivity contribution in [2.75, 3.05) is 0 Å². The average molecular weight is 276 g/mol. The van der Waals surface area contributed by atoms with Crippen molar-refractivity contribution in [1.82, 2.24) is 0 Å². The fourth-order valence-corrected chi connectivity index (χ4v) is 1.47. The lowest BCUT2D eigenvalue weighted by Gasteiger charge is -2.09. The first-order valence-corrected chi connectivity index (χ1v) is 5.01. The Hall–Kier alpha value is -2.18. The smallest absolute Gasteiger partial charge is 0.311 e. The normalized spacial score (nSPS) is 10.3. The number of hydrogen-bond acceptors (Lipinski definition) is 2. The monoisotopic (exact) mass is 276 g/mol. The first-order chi connectivity index (χ1) is 8.81. The Kier molecular flexibility index (Phi) is 4.42. The Morgan fingerprint density at radius 3 is 1.89 bits per heavy atom. The van der Waals surface area contributed by atoms with E-state index in [2.05, 4.69) is 6.58 Å². The van der Waals surface area contributed by atoms with Gasteiger partial charge in [0.2, 0.25) is 0 Å². The molecule has 19 heavy (non-hydrogen) atoms. The number of benzene rings is 1. The Labute approximate surface area is 105 Å². The summed E-state index contributed by atoms with van der Waals surface area (Å²) in [7, 11) is 0. The molecule has 0 radical (unpaired) electrons. The number of rotatable bonds is 5. The van der Waals surface area contributed by atoms with Crippen LogP contribution in [-0.4, -0.2) is 16.9 Å². The highest BCUT2D eigenvalue weighted by molar-refractivity contribution is 6.05. The highest BCUT2D eigenvalue weighted by atomic mass is 19.2. The second-order valence-corrected chi connectivity index (χ2v) is 3.60. The minimum atomic E-state index is -1.90. The summed E-state index contributed by atoms with van der Waals surface area (Å²) < 4.78 is 53.9. The lowest BCUT2D eigenvalue weighted by Crippen LogP contribution is -2.16. The molecule has 1 N–H and O–H groups in total. The van der Waals surface area contributed by atoms with Crippen molar-refractivity contribution in [3.05, 3.63) is 47.1 Å². The molecule has 7 heteroatoms. The van der Waals surface area contributed by atoms with E-state index in [4.69, 9.17) is 5.11 Å². The number of halogens is 4. The van der Waals surface area contributed by atoms with Crippen molar-refractivity contribution in [3.8, 4) is 0 Å². The SMILES string of the molecule is C=CCc1c(F)c(F)c(C(=O)CC(=O)O)c(F)c1F. The number of carboxylic acid groups (broad SMARTS) is 1. The predicted octanol–water partition coefficient (Wildman–Crippen LogP) is 2.63. The van der Waals surface area contributed by atoms with Crippen LogP contribution in [0.1, 0.15) is 22.3 Å². The molecule has 0 bridgehead atoms. The van der Waals surface area contributed by atoms with Crippen LogP contribution >= 0.6 is 0 Å². The molecule has 0 atom stereocenters. The zero-order valence-electron chi connectivity index (χ0n) is 9.47. The molecule has 102 valence electrons. The van der Waals surface area contributed by atoms with Crippen LogP contribution in [0, 0.1) is 23.3 Å². The molecule has 0 saturated carbocycles. The maximum Gasteiger partial charge on any atom is 0.311 e. The van der Waals surface area contributed by atoms with Crippen molar-refractivity contribution in [1.29, 1.82) is 0 Å². The van der Waals surface area contributed by atoms with Crippen LogP contribution in [0.25, 0.3) is 0 Å². The van der Waals surface area contributed by atoms with E-state index >= 15 is 0 Å². The number of carbonyl (C=O) groups is 2. The summed E-state index contributed by atoms with van der Waals surface area (Å²) in [5, 5.41) is 8.34. The van der Waals surface area contributed by atoms with Crippen molar-refractivity contribution in [2.45, 2.75) is 12.8 Å². The van der Waals surface area contributed by atoms with Gasteiger partial charge in [-0.15, -0.1) is 6.58 Å². The van der Waals surface area contributed by atoms with Crippen molar-refractivity contribution >= 4 is 11.8 Å². The topological polar surface area (TPSA) is 54.4 Å². The third kappa shape index (κ3) is 2.81. The first-order valence-electron chi connectivity index (χ1n) is 5.01. The second kappa shape index (κ2) is 5.64. The van der Waals surface area contributed by atoms with Crippen LogP contribution < -0.4 is 0 Å². The lowest BCUT2D eigenvalue weighted by atomic mass is 10.0. The maximum atomic E-state index is 13.5. The molecule has 0 amide bonds. The van der Waals surface area contributed by atoms with Crippen molar-refractivity contribution in [3.63, 3.8) is 0 Å². The van der Waals surface area contributed by atoms with Crippen LogP contribution in [0.5, 0.6) is 0 Å². The second-order valence-electron chi connectivity index (χ2n) is 3.60. The van der Waals surface area contributed by atoms with Gasteiger partial charge in [-0.1, -0.05) is 6.08 Å². The molecule has 0 unspecified atom stereocenters. The van der Waals surface area contributed by atoms with Gasteiger partial charge in [0.25, 0.3) is 0 Å². The highest BCUT2D eigenvalue weighted by Gasteiger charge is 2.29. The molecule has 1 aromatic carbocycles. The molecule has 1 rings (SSSR count). The Morgan fingerprint density at radius 1 is 1.05 bits per heavy atom. The third-order valence-electron chi connectivity index (χ3n) is 2.29. The summed E-state index contributed by atoms with van der Waals surface area (Å²) in [5.74, 6) is -10.5. The molecule has 0 heterocycles. The molecular weight excluding hydrogens is 268 g/mol. The van der Waals surface area contributed by atoms with Crippen LogP contribution in [0.15, 0.2) is 12.7 Å². The minimum absolute atomic E-state index is 0.473. The zero-order chi connectivity index (χ0) is 14.7. The first kappa shape index (κ1) is 14.9. The zero-order valence-corrected chi connectivity index (χ0v) is 9.47. The van der Waals surface area contributed by atoms with Gasteiger partial charge in [0.05, 0.1) is 5.56 Å². The van der Waals surface area contributed by atoms with E-state index in [9.17, 15) is 27.2 Å². The largest absolute Gasteiger partial charge is 0.481 e. The Morgan fingerprint density at radius 2 is 1.53 bits per heavy atom. The summed E-state index contributed by atoms with van der Waals surface area (Å²) in [6, 6.07) is 0. The van der Waals surface area contributed by atoms with Crippen LogP contribution in [0.2, 0.25) is 0 Å². The van der Waals surface area contributed by atoms with E-state index in [1.807, 2.05) is 0 Å². The summed E-state index contributed by atoms with van der Waals surface area (Å²) in [6.07, 6.45) is -0.717.